The lowest BCUT2D eigenvalue weighted by molar-refractivity contribution is -0.384. The number of carbonyl (C=O) groups is 1. The molecule has 0 aromatic heterocycles. The Bertz CT molecular complexity index is 505. The number of amides is 1. The molecule has 1 amide bonds. The highest BCUT2D eigenvalue weighted by Gasteiger charge is 2.17. The number of nitrogens with zero attached hydrogens (tertiary/aromatic N) is 1. The molecule has 1 aromatic carbocycles. The summed E-state index contributed by atoms with van der Waals surface area (Å²) in [7, 11) is 1.61. The molecule has 0 heterocycles. The fourth-order valence-corrected chi connectivity index (χ4v) is 1.86. The van der Waals surface area contributed by atoms with E-state index < -0.39 is 4.92 Å². The van der Waals surface area contributed by atoms with Crippen LogP contribution in [0.25, 0.3) is 0 Å². The lowest BCUT2D eigenvalue weighted by atomic mass is 10.1. The minimum Gasteiger partial charge on any atom is -0.384 e. The number of methoxy groups -OCH3 is 1. The zero-order valence-electron chi connectivity index (χ0n) is 12.5. The molecule has 7 nitrogen and oxygen atoms in total. The molecule has 0 spiro atoms. The van der Waals surface area contributed by atoms with Gasteiger partial charge >= 0.3 is 0 Å². The van der Waals surface area contributed by atoms with Gasteiger partial charge in [-0.3, -0.25) is 14.9 Å². The van der Waals surface area contributed by atoms with Gasteiger partial charge in [-0.2, -0.15) is 0 Å². The zero-order chi connectivity index (χ0) is 15.8. The monoisotopic (exact) mass is 295 g/mol. The number of hydrogen-bond donors (Lipinski definition) is 2. The quantitative estimate of drug-likeness (QED) is 0.565. The van der Waals surface area contributed by atoms with Crippen LogP contribution in [0, 0.1) is 16.0 Å². The average molecular weight is 295 g/mol. The maximum atomic E-state index is 11.7. The van der Waals surface area contributed by atoms with E-state index in [0.29, 0.717) is 25.4 Å². The van der Waals surface area contributed by atoms with Crippen LogP contribution < -0.4 is 10.6 Å². The van der Waals surface area contributed by atoms with E-state index >= 15 is 0 Å². The third-order valence-electron chi connectivity index (χ3n) is 2.89. The van der Waals surface area contributed by atoms with Crippen molar-refractivity contribution in [2.75, 3.05) is 32.1 Å². The molecule has 7 heteroatoms. The molecule has 1 atom stereocenters. The van der Waals surface area contributed by atoms with Gasteiger partial charge in [-0.1, -0.05) is 6.92 Å². The number of anilines is 1. The van der Waals surface area contributed by atoms with E-state index in [1.54, 1.807) is 26.2 Å². The maximum Gasteiger partial charge on any atom is 0.293 e. The Balaban J connectivity index is 2.89. The highest BCUT2D eigenvalue weighted by molar-refractivity contribution is 5.95. The Labute approximate surface area is 123 Å². The fourth-order valence-electron chi connectivity index (χ4n) is 1.86. The smallest absolute Gasteiger partial charge is 0.293 e. The number of nitrogens with one attached hydrogen (secondary N) is 2. The minimum absolute atomic E-state index is 0.108. The number of carbonyl (C=O) groups excluding carboxylic acids is 1. The largest absolute Gasteiger partial charge is 0.384 e. The summed E-state index contributed by atoms with van der Waals surface area (Å²) in [6, 6.07) is 4.41. The Morgan fingerprint density at radius 3 is 2.76 bits per heavy atom. The van der Waals surface area contributed by atoms with Crippen LogP contribution in [-0.2, 0) is 4.74 Å². The second-order valence-electron chi connectivity index (χ2n) is 4.79. The molecule has 0 radical (unpaired) electrons. The molecule has 0 aliphatic heterocycles. The molecule has 1 unspecified atom stereocenters. The van der Waals surface area contributed by atoms with E-state index in [4.69, 9.17) is 4.74 Å². The lowest BCUT2D eigenvalue weighted by Crippen LogP contribution is -2.23. The predicted octanol–water partition coefficient (Wildman–Crippen LogP) is 2.04. The van der Waals surface area contributed by atoms with Crippen LogP contribution in [0.4, 0.5) is 11.4 Å². The van der Waals surface area contributed by atoms with E-state index in [-0.39, 0.29) is 23.1 Å². The summed E-state index contributed by atoms with van der Waals surface area (Å²) in [6.45, 7) is 5.36. The second-order valence-corrected chi connectivity index (χ2v) is 4.79. The summed E-state index contributed by atoms with van der Waals surface area (Å²) in [4.78, 5) is 22.4. The van der Waals surface area contributed by atoms with Gasteiger partial charge < -0.3 is 15.4 Å². The fraction of sp³-hybridized carbons (Fsp3) is 0.500. The Morgan fingerprint density at radius 1 is 1.48 bits per heavy atom. The van der Waals surface area contributed by atoms with E-state index in [0.717, 1.165) is 0 Å². The zero-order valence-corrected chi connectivity index (χ0v) is 12.5. The molecule has 2 N–H and O–H groups in total. The topological polar surface area (TPSA) is 93.5 Å². The molecule has 1 aromatic rings. The van der Waals surface area contributed by atoms with E-state index in [1.165, 1.54) is 6.07 Å². The lowest BCUT2D eigenvalue weighted by Gasteiger charge is -2.13. The first kappa shape index (κ1) is 16.9. The summed E-state index contributed by atoms with van der Waals surface area (Å²) in [6.07, 6.45) is 0. The summed E-state index contributed by atoms with van der Waals surface area (Å²) in [5.41, 5.74) is 0.568. The van der Waals surface area contributed by atoms with Crippen LogP contribution >= 0.6 is 0 Å². The molecule has 0 saturated heterocycles. The average Bonchev–Trinajstić information content (AvgIpc) is 2.45. The van der Waals surface area contributed by atoms with Crippen molar-refractivity contribution in [2.45, 2.75) is 13.8 Å². The van der Waals surface area contributed by atoms with Crippen molar-refractivity contribution in [3.8, 4) is 0 Å². The SMILES string of the molecule is CCNC(=O)c1ccc(NCC(C)COC)c([N+](=O)[O-])c1. The maximum absolute atomic E-state index is 11.7. The first-order chi connectivity index (χ1) is 9.99. The molecule has 0 aliphatic carbocycles. The Hall–Kier alpha value is -2.15. The van der Waals surface area contributed by atoms with Crippen molar-refractivity contribution in [3.05, 3.63) is 33.9 Å². The predicted molar refractivity (Wildman–Crippen MR) is 80.6 cm³/mol. The second kappa shape index (κ2) is 8.21. The number of hydrogen-bond acceptors (Lipinski definition) is 5. The number of nitro groups is 1. The van der Waals surface area contributed by atoms with Crippen molar-refractivity contribution in [1.29, 1.82) is 0 Å². The van der Waals surface area contributed by atoms with E-state index in [1.807, 2.05) is 6.92 Å². The van der Waals surface area contributed by atoms with Crippen LogP contribution in [0.15, 0.2) is 18.2 Å². The molecule has 21 heavy (non-hydrogen) atoms. The number of rotatable bonds is 8. The molecular weight excluding hydrogens is 274 g/mol. The number of ether oxygens (including phenoxy) is 1. The van der Waals surface area contributed by atoms with Crippen molar-refractivity contribution < 1.29 is 14.5 Å². The van der Waals surface area contributed by atoms with Crippen LogP contribution in [0.2, 0.25) is 0 Å². The van der Waals surface area contributed by atoms with Gasteiger partial charge in [-0.05, 0) is 25.0 Å². The van der Waals surface area contributed by atoms with Gasteiger partial charge in [0.05, 0.1) is 11.5 Å². The molecule has 0 fully saturated rings. The first-order valence-corrected chi connectivity index (χ1v) is 6.79. The van der Waals surface area contributed by atoms with Gasteiger partial charge in [0.1, 0.15) is 5.69 Å². The molecule has 0 saturated carbocycles. The summed E-state index contributed by atoms with van der Waals surface area (Å²) in [5, 5.41) is 16.8. The molecular formula is C14H21N3O4. The first-order valence-electron chi connectivity index (χ1n) is 6.79. The third-order valence-corrected chi connectivity index (χ3v) is 2.89. The van der Waals surface area contributed by atoms with E-state index in [2.05, 4.69) is 10.6 Å². The van der Waals surface area contributed by atoms with Gasteiger partial charge in [-0.15, -0.1) is 0 Å². The van der Waals surface area contributed by atoms with Crippen molar-refractivity contribution in [2.24, 2.45) is 5.92 Å². The molecule has 0 bridgehead atoms. The Morgan fingerprint density at radius 2 is 2.19 bits per heavy atom. The summed E-state index contributed by atoms with van der Waals surface area (Å²) in [5.74, 6) is -0.0995. The summed E-state index contributed by atoms with van der Waals surface area (Å²) < 4.78 is 5.02. The van der Waals surface area contributed by atoms with Gasteiger partial charge in [0.2, 0.25) is 0 Å². The van der Waals surface area contributed by atoms with Gasteiger partial charge in [-0.25, -0.2) is 0 Å². The molecule has 116 valence electrons. The number of nitro benzene ring substituents is 1. The van der Waals surface area contributed by atoms with Crippen molar-refractivity contribution >= 4 is 17.3 Å². The van der Waals surface area contributed by atoms with Crippen LogP contribution in [0.1, 0.15) is 24.2 Å². The van der Waals surface area contributed by atoms with E-state index in [9.17, 15) is 14.9 Å². The third kappa shape index (κ3) is 5.03. The van der Waals surface area contributed by atoms with Gasteiger partial charge in [0.25, 0.3) is 11.6 Å². The standard InChI is InChI=1S/C14H21N3O4/c1-4-15-14(18)11-5-6-12(13(7-11)17(19)20)16-8-10(2)9-21-3/h5-7,10,16H,4,8-9H2,1-3H3,(H,15,18). The molecule has 0 aliphatic rings. The highest BCUT2D eigenvalue weighted by Crippen LogP contribution is 2.25. The minimum atomic E-state index is -0.494. The molecule has 1 rings (SSSR count). The van der Waals surface area contributed by atoms with Crippen molar-refractivity contribution in [3.63, 3.8) is 0 Å². The Kier molecular flexibility index (Phi) is 6.61. The van der Waals surface area contributed by atoms with Crippen LogP contribution in [-0.4, -0.2) is 37.6 Å². The van der Waals surface area contributed by atoms with Crippen LogP contribution in [0.5, 0.6) is 0 Å². The normalized spacial score (nSPS) is 11.8. The number of benzene rings is 1. The van der Waals surface area contributed by atoms with Gasteiger partial charge in [0.15, 0.2) is 0 Å². The van der Waals surface area contributed by atoms with Crippen LogP contribution in [0.3, 0.4) is 0 Å². The van der Waals surface area contributed by atoms with Crippen molar-refractivity contribution in [1.82, 2.24) is 5.32 Å². The highest BCUT2D eigenvalue weighted by atomic mass is 16.6. The van der Waals surface area contributed by atoms with Gasteiger partial charge in [0, 0.05) is 31.8 Å². The summed E-state index contributed by atoms with van der Waals surface area (Å²) >= 11 is 0.